The Morgan fingerprint density at radius 3 is 2.71 bits per heavy atom. The summed E-state index contributed by atoms with van der Waals surface area (Å²) >= 11 is 13.1. The number of ketones is 1. The van der Waals surface area contributed by atoms with E-state index in [1.165, 1.54) is 0 Å². The molecule has 0 atom stereocenters. The fraction of sp³-hybridized carbons (Fsp3) is 0.300. The molecule has 0 spiro atoms. The standard InChI is InChI=1S/C10H10Cl2OS/c1-2-14-10-4-3-7(5-8(10)12)9(13)6-11/h3-5H,2,6H2,1H3. The molecule has 0 fully saturated rings. The van der Waals surface area contributed by atoms with Crippen LogP contribution in [0.2, 0.25) is 5.02 Å². The number of carbonyl (C=O) groups is 1. The third-order valence-electron chi connectivity index (χ3n) is 1.68. The van der Waals surface area contributed by atoms with Gasteiger partial charge in [0.25, 0.3) is 0 Å². The molecule has 0 amide bonds. The maximum absolute atomic E-state index is 11.2. The molecule has 0 saturated heterocycles. The SMILES string of the molecule is CCSc1ccc(C(=O)CCl)cc1Cl. The summed E-state index contributed by atoms with van der Waals surface area (Å²) in [6.45, 7) is 2.05. The second-order valence-corrected chi connectivity index (χ2v) is 4.62. The fourth-order valence-corrected chi connectivity index (χ4v) is 2.19. The molecule has 14 heavy (non-hydrogen) atoms. The van der Waals surface area contributed by atoms with Gasteiger partial charge in [0.1, 0.15) is 0 Å². The van der Waals surface area contributed by atoms with E-state index in [4.69, 9.17) is 23.2 Å². The molecule has 0 heterocycles. The highest BCUT2D eigenvalue weighted by molar-refractivity contribution is 7.99. The van der Waals surface area contributed by atoms with E-state index in [0.717, 1.165) is 10.6 Å². The van der Waals surface area contributed by atoms with Gasteiger partial charge in [0.05, 0.1) is 10.9 Å². The Hall–Kier alpha value is -0.180. The molecule has 0 radical (unpaired) electrons. The molecule has 76 valence electrons. The van der Waals surface area contributed by atoms with Crippen molar-refractivity contribution in [1.29, 1.82) is 0 Å². The molecule has 1 rings (SSSR count). The van der Waals surface area contributed by atoms with E-state index in [1.807, 2.05) is 6.07 Å². The zero-order chi connectivity index (χ0) is 10.6. The van der Waals surface area contributed by atoms with Crippen LogP contribution in [-0.2, 0) is 0 Å². The van der Waals surface area contributed by atoms with Gasteiger partial charge in [0, 0.05) is 10.5 Å². The summed E-state index contributed by atoms with van der Waals surface area (Å²) in [6, 6.07) is 5.29. The Labute approximate surface area is 97.8 Å². The van der Waals surface area contributed by atoms with Crippen molar-refractivity contribution >= 4 is 40.7 Å². The Morgan fingerprint density at radius 1 is 1.50 bits per heavy atom. The van der Waals surface area contributed by atoms with E-state index in [9.17, 15) is 4.79 Å². The summed E-state index contributed by atoms with van der Waals surface area (Å²) in [5.41, 5.74) is 0.574. The van der Waals surface area contributed by atoms with Gasteiger partial charge in [-0.2, -0.15) is 0 Å². The quantitative estimate of drug-likeness (QED) is 0.457. The molecule has 1 aromatic carbocycles. The molecule has 1 nitrogen and oxygen atoms in total. The number of benzene rings is 1. The molecule has 0 aliphatic rings. The van der Waals surface area contributed by atoms with Crippen LogP contribution < -0.4 is 0 Å². The third kappa shape index (κ3) is 2.91. The second kappa shape index (κ2) is 5.64. The molecule has 0 aliphatic carbocycles. The summed E-state index contributed by atoms with van der Waals surface area (Å²) in [5, 5.41) is 0.618. The molecule has 0 unspecified atom stereocenters. The predicted octanol–water partition coefficient (Wildman–Crippen LogP) is 3.87. The van der Waals surface area contributed by atoms with E-state index in [1.54, 1.807) is 23.9 Å². The first kappa shape index (κ1) is 11.9. The van der Waals surface area contributed by atoms with Crippen molar-refractivity contribution in [3.63, 3.8) is 0 Å². The molecule has 4 heteroatoms. The largest absolute Gasteiger partial charge is 0.293 e. The maximum atomic E-state index is 11.2. The Bertz CT molecular complexity index is 339. The maximum Gasteiger partial charge on any atom is 0.177 e. The molecular formula is C10H10Cl2OS. The van der Waals surface area contributed by atoms with E-state index >= 15 is 0 Å². The van der Waals surface area contributed by atoms with Gasteiger partial charge in [0.2, 0.25) is 0 Å². The van der Waals surface area contributed by atoms with E-state index in [2.05, 4.69) is 6.92 Å². The number of carbonyl (C=O) groups excluding carboxylic acids is 1. The summed E-state index contributed by atoms with van der Waals surface area (Å²) in [5.74, 6) is 0.862. The van der Waals surface area contributed by atoms with Crippen LogP contribution in [0.3, 0.4) is 0 Å². The minimum Gasteiger partial charge on any atom is -0.293 e. The number of rotatable bonds is 4. The number of hydrogen-bond donors (Lipinski definition) is 0. The number of Topliss-reactive ketones (excluding diaryl/α,β-unsaturated/α-hetero) is 1. The number of thioether (sulfide) groups is 1. The summed E-state index contributed by atoms with van der Waals surface area (Å²) in [7, 11) is 0. The van der Waals surface area contributed by atoms with E-state index in [-0.39, 0.29) is 11.7 Å². The van der Waals surface area contributed by atoms with Gasteiger partial charge in [-0.25, -0.2) is 0 Å². The van der Waals surface area contributed by atoms with Crippen molar-refractivity contribution in [2.24, 2.45) is 0 Å². The van der Waals surface area contributed by atoms with Crippen LogP contribution in [0.4, 0.5) is 0 Å². The van der Waals surface area contributed by atoms with Gasteiger partial charge in [-0.05, 0) is 17.9 Å². The van der Waals surface area contributed by atoms with Crippen LogP contribution in [-0.4, -0.2) is 17.4 Å². The molecule has 0 bridgehead atoms. The molecule has 1 aromatic rings. The van der Waals surface area contributed by atoms with Crippen LogP contribution in [0, 0.1) is 0 Å². The van der Waals surface area contributed by atoms with E-state index < -0.39 is 0 Å². The van der Waals surface area contributed by atoms with Crippen molar-refractivity contribution in [1.82, 2.24) is 0 Å². The molecular weight excluding hydrogens is 239 g/mol. The minimum atomic E-state index is -0.0957. The smallest absolute Gasteiger partial charge is 0.177 e. The lowest BCUT2D eigenvalue weighted by molar-refractivity contribution is 0.102. The van der Waals surface area contributed by atoms with Gasteiger partial charge >= 0.3 is 0 Å². The number of hydrogen-bond acceptors (Lipinski definition) is 2. The highest BCUT2D eigenvalue weighted by atomic mass is 35.5. The lowest BCUT2D eigenvalue weighted by Gasteiger charge is -2.03. The van der Waals surface area contributed by atoms with Gasteiger partial charge in [-0.15, -0.1) is 23.4 Å². The third-order valence-corrected chi connectivity index (χ3v) is 3.30. The van der Waals surface area contributed by atoms with Crippen LogP contribution in [0.25, 0.3) is 0 Å². The van der Waals surface area contributed by atoms with Crippen molar-refractivity contribution in [3.05, 3.63) is 28.8 Å². The first-order valence-electron chi connectivity index (χ1n) is 4.20. The monoisotopic (exact) mass is 248 g/mol. The molecule has 0 saturated carbocycles. The minimum absolute atomic E-state index is 0.00338. The second-order valence-electron chi connectivity index (χ2n) is 2.64. The predicted molar refractivity (Wildman–Crippen MR) is 62.9 cm³/mol. The van der Waals surface area contributed by atoms with Gasteiger partial charge < -0.3 is 0 Å². The number of halogens is 2. The summed E-state index contributed by atoms with van der Waals surface area (Å²) in [4.78, 5) is 12.2. The Balaban J connectivity index is 2.94. The van der Waals surface area contributed by atoms with Crippen molar-refractivity contribution in [3.8, 4) is 0 Å². The lowest BCUT2D eigenvalue weighted by Crippen LogP contribution is -1.99. The molecule has 0 N–H and O–H groups in total. The van der Waals surface area contributed by atoms with Crippen molar-refractivity contribution < 1.29 is 4.79 Å². The van der Waals surface area contributed by atoms with Crippen molar-refractivity contribution in [2.45, 2.75) is 11.8 Å². The highest BCUT2D eigenvalue weighted by Crippen LogP contribution is 2.27. The van der Waals surface area contributed by atoms with Gasteiger partial charge in [0.15, 0.2) is 5.78 Å². The Morgan fingerprint density at radius 2 is 2.21 bits per heavy atom. The fourth-order valence-electron chi connectivity index (χ4n) is 1.02. The average molecular weight is 249 g/mol. The van der Waals surface area contributed by atoms with Gasteiger partial charge in [-0.1, -0.05) is 24.6 Å². The topological polar surface area (TPSA) is 17.1 Å². The van der Waals surface area contributed by atoms with E-state index in [0.29, 0.717) is 10.6 Å². The summed E-state index contributed by atoms with van der Waals surface area (Å²) in [6.07, 6.45) is 0. The van der Waals surface area contributed by atoms with Gasteiger partial charge in [-0.3, -0.25) is 4.79 Å². The highest BCUT2D eigenvalue weighted by Gasteiger charge is 2.07. The van der Waals surface area contributed by atoms with Crippen molar-refractivity contribution in [2.75, 3.05) is 11.6 Å². The summed E-state index contributed by atoms with van der Waals surface area (Å²) < 4.78 is 0. The molecule has 0 aromatic heterocycles. The Kier molecular flexibility index (Phi) is 4.79. The normalized spacial score (nSPS) is 10.2. The first-order valence-corrected chi connectivity index (χ1v) is 6.10. The molecule has 0 aliphatic heterocycles. The number of alkyl halides is 1. The van der Waals surface area contributed by atoms with Crippen LogP contribution in [0.15, 0.2) is 23.1 Å². The lowest BCUT2D eigenvalue weighted by atomic mass is 10.1. The van der Waals surface area contributed by atoms with Crippen LogP contribution >= 0.6 is 35.0 Å². The zero-order valence-electron chi connectivity index (χ0n) is 7.72. The zero-order valence-corrected chi connectivity index (χ0v) is 10.0. The first-order chi connectivity index (χ1) is 6.69. The van der Waals surface area contributed by atoms with Crippen LogP contribution in [0.1, 0.15) is 17.3 Å². The average Bonchev–Trinajstić information content (AvgIpc) is 2.20. The van der Waals surface area contributed by atoms with Crippen LogP contribution in [0.5, 0.6) is 0 Å².